The number of nitrogens with zero attached hydrogens (tertiary/aromatic N) is 2. The molecule has 4 heteroatoms. The molecule has 0 fully saturated rings. The molecular weight excluding hydrogens is 276 g/mol. The van der Waals surface area contributed by atoms with E-state index in [0.29, 0.717) is 17.8 Å². The average molecular weight is 292 g/mol. The summed E-state index contributed by atoms with van der Waals surface area (Å²) in [5, 5.41) is 4.55. The molecular formula is C18H16N2O2. The predicted octanol–water partition coefficient (Wildman–Crippen LogP) is 3.42. The quantitative estimate of drug-likeness (QED) is 0.677. The molecule has 3 rings (SSSR count). The molecule has 110 valence electrons. The van der Waals surface area contributed by atoms with Crippen LogP contribution >= 0.6 is 0 Å². The maximum Gasteiger partial charge on any atom is 0.153 e. The van der Waals surface area contributed by atoms with Gasteiger partial charge in [-0.05, 0) is 17.7 Å². The number of hydrogen-bond donors (Lipinski definition) is 0. The van der Waals surface area contributed by atoms with Crippen LogP contribution in [0.2, 0.25) is 0 Å². The monoisotopic (exact) mass is 292 g/mol. The van der Waals surface area contributed by atoms with Crippen LogP contribution in [0.1, 0.15) is 15.9 Å². The summed E-state index contributed by atoms with van der Waals surface area (Å²) in [5.41, 5.74) is 3.25. The fourth-order valence-corrected chi connectivity index (χ4v) is 2.37. The van der Waals surface area contributed by atoms with Gasteiger partial charge in [-0.2, -0.15) is 5.10 Å². The molecule has 2 aromatic carbocycles. The van der Waals surface area contributed by atoms with Gasteiger partial charge in [-0.1, -0.05) is 42.5 Å². The number of carbonyl (C=O) groups is 1. The minimum absolute atomic E-state index is 0.573. The lowest BCUT2D eigenvalue weighted by molar-refractivity contribution is 0.112. The van der Waals surface area contributed by atoms with Gasteiger partial charge in [0.25, 0.3) is 0 Å². The number of aromatic nitrogens is 2. The minimum atomic E-state index is 0.573. The third-order valence-electron chi connectivity index (χ3n) is 3.45. The van der Waals surface area contributed by atoms with E-state index in [9.17, 15) is 4.79 Å². The molecule has 0 amide bonds. The molecule has 1 aromatic heterocycles. The lowest BCUT2D eigenvalue weighted by Crippen LogP contribution is -2.00. The highest BCUT2D eigenvalue weighted by Crippen LogP contribution is 2.25. The highest BCUT2D eigenvalue weighted by atomic mass is 16.5. The second-order valence-electron chi connectivity index (χ2n) is 4.97. The first-order valence-electron chi connectivity index (χ1n) is 7.01. The Morgan fingerprint density at radius 2 is 1.95 bits per heavy atom. The standard InChI is InChI=1S/C18H16N2O2/c1-22-17-9-5-8-15(10-17)18-16(13-21)12-20(19-18)11-14-6-3-2-4-7-14/h2-10,12-13H,11H2,1H3. The summed E-state index contributed by atoms with van der Waals surface area (Å²) < 4.78 is 7.01. The summed E-state index contributed by atoms with van der Waals surface area (Å²) in [6, 6.07) is 17.6. The van der Waals surface area contributed by atoms with Crippen molar-refractivity contribution in [2.45, 2.75) is 6.54 Å². The van der Waals surface area contributed by atoms with Gasteiger partial charge in [0.2, 0.25) is 0 Å². The molecule has 0 spiro atoms. The Hall–Kier alpha value is -2.88. The second kappa shape index (κ2) is 6.26. The molecule has 0 aliphatic carbocycles. The lowest BCUT2D eigenvalue weighted by Gasteiger charge is -2.03. The maximum absolute atomic E-state index is 11.3. The zero-order valence-corrected chi connectivity index (χ0v) is 12.3. The van der Waals surface area contributed by atoms with Crippen LogP contribution in [0.4, 0.5) is 0 Å². The fraction of sp³-hybridized carbons (Fsp3) is 0.111. The first kappa shape index (κ1) is 14.1. The zero-order chi connectivity index (χ0) is 15.4. The lowest BCUT2D eigenvalue weighted by atomic mass is 10.1. The Kier molecular flexibility index (Phi) is 4.01. The largest absolute Gasteiger partial charge is 0.497 e. The first-order valence-corrected chi connectivity index (χ1v) is 7.01. The Balaban J connectivity index is 1.96. The summed E-state index contributed by atoms with van der Waals surface area (Å²) in [6.45, 7) is 0.631. The summed E-state index contributed by atoms with van der Waals surface area (Å²) in [4.78, 5) is 11.3. The normalized spacial score (nSPS) is 10.4. The van der Waals surface area contributed by atoms with Crippen molar-refractivity contribution >= 4 is 6.29 Å². The zero-order valence-electron chi connectivity index (χ0n) is 12.3. The van der Waals surface area contributed by atoms with Crippen LogP contribution in [-0.2, 0) is 6.54 Å². The van der Waals surface area contributed by atoms with Crippen molar-refractivity contribution in [3.63, 3.8) is 0 Å². The second-order valence-corrected chi connectivity index (χ2v) is 4.97. The van der Waals surface area contributed by atoms with E-state index in [1.54, 1.807) is 18.0 Å². The smallest absolute Gasteiger partial charge is 0.153 e. The van der Waals surface area contributed by atoms with Crippen LogP contribution in [0.3, 0.4) is 0 Å². The van der Waals surface area contributed by atoms with Crippen molar-refractivity contribution in [2.24, 2.45) is 0 Å². The molecule has 3 aromatic rings. The van der Waals surface area contributed by atoms with E-state index in [0.717, 1.165) is 23.2 Å². The number of ether oxygens (including phenoxy) is 1. The van der Waals surface area contributed by atoms with Gasteiger partial charge in [0, 0.05) is 11.8 Å². The van der Waals surface area contributed by atoms with Crippen LogP contribution in [-0.4, -0.2) is 23.2 Å². The Bertz CT molecular complexity index is 779. The van der Waals surface area contributed by atoms with Crippen LogP contribution in [0.25, 0.3) is 11.3 Å². The van der Waals surface area contributed by atoms with Gasteiger partial charge >= 0.3 is 0 Å². The molecule has 0 radical (unpaired) electrons. The summed E-state index contributed by atoms with van der Waals surface area (Å²) in [7, 11) is 1.62. The molecule has 0 unspecified atom stereocenters. The van der Waals surface area contributed by atoms with Crippen LogP contribution in [0, 0.1) is 0 Å². The van der Waals surface area contributed by atoms with Gasteiger partial charge in [0.05, 0.1) is 19.2 Å². The Morgan fingerprint density at radius 3 is 2.68 bits per heavy atom. The van der Waals surface area contributed by atoms with E-state index in [-0.39, 0.29) is 0 Å². The van der Waals surface area contributed by atoms with Crippen LogP contribution < -0.4 is 4.74 Å². The highest BCUT2D eigenvalue weighted by molar-refractivity contribution is 5.85. The molecule has 0 saturated heterocycles. The van der Waals surface area contributed by atoms with Gasteiger partial charge in [-0.15, -0.1) is 0 Å². The third kappa shape index (κ3) is 2.91. The summed E-state index contributed by atoms with van der Waals surface area (Å²) >= 11 is 0. The van der Waals surface area contributed by atoms with E-state index >= 15 is 0 Å². The van der Waals surface area contributed by atoms with Crippen molar-refractivity contribution in [3.8, 4) is 17.0 Å². The third-order valence-corrected chi connectivity index (χ3v) is 3.45. The van der Waals surface area contributed by atoms with Gasteiger partial charge < -0.3 is 4.74 Å². The first-order chi connectivity index (χ1) is 10.8. The minimum Gasteiger partial charge on any atom is -0.497 e. The number of aldehydes is 1. The number of benzene rings is 2. The molecule has 1 heterocycles. The topological polar surface area (TPSA) is 44.1 Å². The van der Waals surface area contributed by atoms with E-state index in [1.807, 2.05) is 54.6 Å². The van der Waals surface area contributed by atoms with Crippen LogP contribution in [0.15, 0.2) is 60.8 Å². The Morgan fingerprint density at radius 1 is 1.14 bits per heavy atom. The highest BCUT2D eigenvalue weighted by Gasteiger charge is 2.11. The molecule has 0 bridgehead atoms. The van der Waals surface area contributed by atoms with Gasteiger partial charge in [-0.25, -0.2) is 0 Å². The molecule has 4 nitrogen and oxygen atoms in total. The maximum atomic E-state index is 11.3. The number of hydrogen-bond acceptors (Lipinski definition) is 3. The van der Waals surface area contributed by atoms with Gasteiger partial charge in [0.1, 0.15) is 11.4 Å². The molecule has 22 heavy (non-hydrogen) atoms. The SMILES string of the molecule is COc1cccc(-c2nn(Cc3ccccc3)cc2C=O)c1. The predicted molar refractivity (Wildman–Crippen MR) is 85.1 cm³/mol. The molecule has 0 aliphatic rings. The molecule has 0 atom stereocenters. The summed E-state index contributed by atoms with van der Waals surface area (Å²) in [6.07, 6.45) is 2.61. The van der Waals surface area contributed by atoms with Crippen molar-refractivity contribution in [1.82, 2.24) is 9.78 Å². The van der Waals surface area contributed by atoms with Gasteiger partial charge in [0.15, 0.2) is 6.29 Å². The van der Waals surface area contributed by atoms with Crippen molar-refractivity contribution in [3.05, 3.63) is 71.9 Å². The van der Waals surface area contributed by atoms with Crippen LogP contribution in [0.5, 0.6) is 5.75 Å². The number of rotatable bonds is 5. The number of carbonyl (C=O) groups excluding carboxylic acids is 1. The summed E-state index contributed by atoms with van der Waals surface area (Å²) in [5.74, 6) is 0.743. The van der Waals surface area contributed by atoms with Crippen molar-refractivity contribution in [2.75, 3.05) is 7.11 Å². The van der Waals surface area contributed by atoms with Crippen molar-refractivity contribution < 1.29 is 9.53 Å². The Labute approximate surface area is 129 Å². The van der Waals surface area contributed by atoms with E-state index in [1.165, 1.54) is 0 Å². The van der Waals surface area contributed by atoms with E-state index in [2.05, 4.69) is 5.10 Å². The van der Waals surface area contributed by atoms with E-state index in [4.69, 9.17) is 4.74 Å². The number of methoxy groups -OCH3 is 1. The fourth-order valence-electron chi connectivity index (χ4n) is 2.37. The average Bonchev–Trinajstić information content (AvgIpc) is 2.99. The molecule has 0 saturated carbocycles. The van der Waals surface area contributed by atoms with Gasteiger partial charge in [-0.3, -0.25) is 9.48 Å². The molecule has 0 N–H and O–H groups in total. The molecule has 0 aliphatic heterocycles. The van der Waals surface area contributed by atoms with E-state index < -0.39 is 0 Å². The van der Waals surface area contributed by atoms with Crippen molar-refractivity contribution in [1.29, 1.82) is 0 Å².